The Kier molecular flexibility index (Phi) is 7.51. The van der Waals surface area contributed by atoms with E-state index in [1.165, 1.54) is 0 Å². The average molecular weight is 380 g/mol. The highest BCUT2D eigenvalue weighted by Crippen LogP contribution is 2.25. The molecule has 0 N–H and O–H groups in total. The predicted octanol–water partition coefficient (Wildman–Crippen LogP) is 4.84. The van der Waals surface area contributed by atoms with E-state index in [1.807, 2.05) is 12.1 Å². The van der Waals surface area contributed by atoms with Crippen molar-refractivity contribution in [3.8, 4) is 0 Å². The lowest BCUT2D eigenvalue weighted by Gasteiger charge is -2.27. The van der Waals surface area contributed by atoms with E-state index in [1.54, 1.807) is 17.0 Å². The first-order chi connectivity index (χ1) is 12.3. The number of carbonyl (C=O) groups is 2. The molecule has 1 saturated heterocycles. The maximum absolute atomic E-state index is 12.8. The van der Waals surface area contributed by atoms with E-state index in [0.29, 0.717) is 36.2 Å². The van der Waals surface area contributed by atoms with Gasteiger partial charge in [-0.15, -0.1) is 0 Å². The molecule has 0 radical (unpaired) electrons. The largest absolute Gasteiger partial charge is 0.461 e. The third-order valence-electron chi connectivity index (χ3n) is 4.62. The molecule has 2 rings (SSSR count). The van der Waals surface area contributed by atoms with Gasteiger partial charge in [-0.3, -0.25) is 4.79 Å². The number of benzene rings is 1. The van der Waals surface area contributed by atoms with E-state index >= 15 is 0 Å². The van der Waals surface area contributed by atoms with Gasteiger partial charge in [0.15, 0.2) is 0 Å². The van der Waals surface area contributed by atoms with Crippen molar-refractivity contribution in [2.45, 2.75) is 72.1 Å². The van der Waals surface area contributed by atoms with E-state index < -0.39 is 6.04 Å². The summed E-state index contributed by atoms with van der Waals surface area (Å²) in [6.07, 6.45) is 2.53. The van der Waals surface area contributed by atoms with Crippen molar-refractivity contribution in [2.24, 2.45) is 11.8 Å². The Morgan fingerprint density at radius 1 is 1.15 bits per heavy atom. The van der Waals surface area contributed by atoms with E-state index in [9.17, 15) is 9.59 Å². The van der Waals surface area contributed by atoms with Gasteiger partial charge in [-0.2, -0.15) is 0 Å². The molecule has 1 aliphatic rings. The van der Waals surface area contributed by atoms with Crippen LogP contribution in [0.5, 0.6) is 0 Å². The van der Waals surface area contributed by atoms with Gasteiger partial charge in [-0.05, 0) is 48.8 Å². The Hall–Kier alpha value is -1.55. The Labute approximate surface area is 161 Å². The van der Waals surface area contributed by atoms with Gasteiger partial charge in [0.2, 0.25) is 5.91 Å². The molecule has 1 fully saturated rings. The Morgan fingerprint density at radius 3 is 2.27 bits per heavy atom. The van der Waals surface area contributed by atoms with Gasteiger partial charge in [-0.25, -0.2) is 4.79 Å². The molecule has 0 aliphatic carbocycles. The number of rotatable bonds is 8. The fourth-order valence-corrected chi connectivity index (χ4v) is 3.58. The standard InChI is InChI=1S/C21H30ClNO3/c1-14(2)11-18(12-15(3)4)26-21(25)19-9-10-20(24)23(19)13-16-5-7-17(22)8-6-16/h5-8,14-15,18-19H,9-13H2,1-4H3. The van der Waals surface area contributed by atoms with Gasteiger partial charge < -0.3 is 9.64 Å². The molecule has 0 aromatic heterocycles. The van der Waals surface area contributed by atoms with Crippen LogP contribution in [0.4, 0.5) is 0 Å². The number of nitrogens with zero attached hydrogens (tertiary/aromatic N) is 1. The molecule has 0 saturated carbocycles. The van der Waals surface area contributed by atoms with Crippen molar-refractivity contribution < 1.29 is 14.3 Å². The molecule has 1 amide bonds. The van der Waals surface area contributed by atoms with Crippen LogP contribution in [0.15, 0.2) is 24.3 Å². The quantitative estimate of drug-likeness (QED) is 0.607. The van der Waals surface area contributed by atoms with E-state index in [4.69, 9.17) is 16.3 Å². The van der Waals surface area contributed by atoms with Crippen LogP contribution in [-0.2, 0) is 20.9 Å². The maximum atomic E-state index is 12.8. The normalized spacial score (nSPS) is 17.6. The number of esters is 1. The van der Waals surface area contributed by atoms with Crippen molar-refractivity contribution in [3.05, 3.63) is 34.9 Å². The first-order valence-electron chi connectivity index (χ1n) is 9.50. The molecule has 1 atom stereocenters. The number of carbonyl (C=O) groups excluding carboxylic acids is 2. The fourth-order valence-electron chi connectivity index (χ4n) is 3.45. The molecule has 0 spiro atoms. The molecule has 26 heavy (non-hydrogen) atoms. The minimum absolute atomic E-state index is 0.00571. The van der Waals surface area contributed by atoms with Gasteiger partial charge in [0.25, 0.3) is 0 Å². The lowest BCUT2D eigenvalue weighted by molar-refractivity contribution is -0.158. The summed E-state index contributed by atoms with van der Waals surface area (Å²) in [5, 5.41) is 0.655. The Balaban J connectivity index is 2.04. The highest BCUT2D eigenvalue weighted by atomic mass is 35.5. The number of ether oxygens (including phenoxy) is 1. The van der Waals surface area contributed by atoms with Crippen molar-refractivity contribution in [1.82, 2.24) is 4.90 Å². The topological polar surface area (TPSA) is 46.6 Å². The second-order valence-corrected chi connectivity index (χ2v) is 8.46. The molecule has 144 valence electrons. The highest BCUT2D eigenvalue weighted by molar-refractivity contribution is 6.30. The van der Waals surface area contributed by atoms with Crippen LogP contribution in [0.3, 0.4) is 0 Å². The highest BCUT2D eigenvalue weighted by Gasteiger charge is 2.38. The van der Waals surface area contributed by atoms with Crippen LogP contribution in [0.25, 0.3) is 0 Å². The number of halogens is 1. The predicted molar refractivity (Wildman–Crippen MR) is 104 cm³/mol. The van der Waals surface area contributed by atoms with E-state index in [-0.39, 0.29) is 18.0 Å². The fraction of sp³-hybridized carbons (Fsp3) is 0.619. The monoisotopic (exact) mass is 379 g/mol. The summed E-state index contributed by atoms with van der Waals surface area (Å²) in [5.74, 6) is 0.658. The lowest BCUT2D eigenvalue weighted by Crippen LogP contribution is -2.40. The van der Waals surface area contributed by atoms with Crippen molar-refractivity contribution in [2.75, 3.05) is 0 Å². The summed E-state index contributed by atoms with van der Waals surface area (Å²) in [4.78, 5) is 26.7. The maximum Gasteiger partial charge on any atom is 0.329 e. The van der Waals surface area contributed by atoms with Crippen molar-refractivity contribution in [3.63, 3.8) is 0 Å². The van der Waals surface area contributed by atoms with Crippen LogP contribution in [0, 0.1) is 11.8 Å². The molecule has 1 heterocycles. The second kappa shape index (κ2) is 9.40. The molecular formula is C21H30ClNO3. The van der Waals surface area contributed by atoms with Crippen molar-refractivity contribution in [1.29, 1.82) is 0 Å². The van der Waals surface area contributed by atoms with Gasteiger partial charge in [0.05, 0.1) is 0 Å². The number of hydrogen-bond acceptors (Lipinski definition) is 3. The molecule has 1 aromatic rings. The third-order valence-corrected chi connectivity index (χ3v) is 4.87. The smallest absolute Gasteiger partial charge is 0.329 e. The molecule has 1 aromatic carbocycles. The summed E-state index contributed by atoms with van der Waals surface area (Å²) in [6.45, 7) is 8.94. The molecule has 4 nitrogen and oxygen atoms in total. The lowest BCUT2D eigenvalue weighted by atomic mass is 9.98. The first kappa shape index (κ1) is 20.8. The number of amides is 1. The number of hydrogen-bond donors (Lipinski definition) is 0. The molecule has 1 unspecified atom stereocenters. The molecule has 1 aliphatic heterocycles. The van der Waals surface area contributed by atoms with Crippen LogP contribution in [-0.4, -0.2) is 28.9 Å². The Bertz CT molecular complexity index is 602. The van der Waals surface area contributed by atoms with Crippen molar-refractivity contribution >= 4 is 23.5 Å². The van der Waals surface area contributed by atoms with Gasteiger partial charge in [0, 0.05) is 18.0 Å². The van der Waals surface area contributed by atoms with Crippen LogP contribution in [0.1, 0.15) is 58.9 Å². The first-order valence-corrected chi connectivity index (χ1v) is 9.88. The van der Waals surface area contributed by atoms with Gasteiger partial charge in [0.1, 0.15) is 12.1 Å². The zero-order chi connectivity index (χ0) is 19.3. The Morgan fingerprint density at radius 2 is 1.73 bits per heavy atom. The summed E-state index contributed by atoms with van der Waals surface area (Å²) in [5.41, 5.74) is 0.961. The van der Waals surface area contributed by atoms with Gasteiger partial charge >= 0.3 is 5.97 Å². The van der Waals surface area contributed by atoms with E-state index in [0.717, 1.165) is 18.4 Å². The zero-order valence-corrected chi connectivity index (χ0v) is 17.0. The molecular weight excluding hydrogens is 350 g/mol. The second-order valence-electron chi connectivity index (χ2n) is 8.02. The average Bonchev–Trinajstić information content (AvgIpc) is 2.89. The van der Waals surface area contributed by atoms with Gasteiger partial charge in [-0.1, -0.05) is 51.4 Å². The molecule has 0 bridgehead atoms. The minimum Gasteiger partial charge on any atom is -0.461 e. The van der Waals surface area contributed by atoms with Crippen LogP contribution < -0.4 is 0 Å². The van der Waals surface area contributed by atoms with Crippen LogP contribution in [0.2, 0.25) is 5.02 Å². The number of likely N-dealkylation sites (tertiary alicyclic amines) is 1. The summed E-state index contributed by atoms with van der Waals surface area (Å²) < 4.78 is 5.84. The third kappa shape index (κ3) is 6.01. The minimum atomic E-state index is -0.486. The zero-order valence-electron chi connectivity index (χ0n) is 16.2. The summed E-state index contributed by atoms with van der Waals surface area (Å²) in [7, 11) is 0. The molecule has 5 heteroatoms. The SMILES string of the molecule is CC(C)CC(CC(C)C)OC(=O)C1CCC(=O)N1Cc1ccc(Cl)cc1. The van der Waals surface area contributed by atoms with Crippen LogP contribution >= 0.6 is 11.6 Å². The summed E-state index contributed by atoms with van der Waals surface area (Å²) in [6, 6.07) is 6.88. The summed E-state index contributed by atoms with van der Waals surface area (Å²) >= 11 is 5.92. The van der Waals surface area contributed by atoms with E-state index in [2.05, 4.69) is 27.7 Å².